The fourth-order valence-electron chi connectivity index (χ4n) is 3.13. The van der Waals surface area contributed by atoms with E-state index in [0.717, 1.165) is 19.7 Å². The van der Waals surface area contributed by atoms with Gasteiger partial charge in [-0.25, -0.2) is 0 Å². The molecule has 3 rings (SSSR count). The maximum atomic E-state index is 5.73. The van der Waals surface area contributed by atoms with E-state index in [2.05, 4.69) is 52.3 Å². The van der Waals surface area contributed by atoms with Crippen LogP contribution in [0.3, 0.4) is 0 Å². The summed E-state index contributed by atoms with van der Waals surface area (Å²) >= 11 is 0. The molecule has 1 unspecified atom stereocenters. The minimum absolute atomic E-state index is 0.495. The van der Waals surface area contributed by atoms with Gasteiger partial charge in [-0.05, 0) is 18.4 Å². The van der Waals surface area contributed by atoms with Crippen molar-refractivity contribution in [1.82, 2.24) is 9.80 Å². The lowest BCUT2D eigenvalue weighted by Gasteiger charge is -2.35. The SMILES string of the molecule is C(=Cc1ccccc1)CN1CCN(CC2CCCO2)CC1. The molecule has 2 saturated heterocycles. The lowest BCUT2D eigenvalue weighted by Crippen LogP contribution is -2.48. The van der Waals surface area contributed by atoms with Crippen LogP contribution in [-0.2, 0) is 4.74 Å². The van der Waals surface area contributed by atoms with Crippen LogP contribution in [-0.4, -0.2) is 61.8 Å². The molecular weight excluding hydrogens is 260 g/mol. The molecule has 0 bridgehead atoms. The first-order valence-electron chi connectivity index (χ1n) is 8.18. The van der Waals surface area contributed by atoms with Gasteiger partial charge in [-0.2, -0.15) is 0 Å². The Bertz CT molecular complexity index is 432. The monoisotopic (exact) mass is 286 g/mol. The molecule has 1 atom stereocenters. The molecule has 3 nitrogen and oxygen atoms in total. The van der Waals surface area contributed by atoms with Gasteiger partial charge < -0.3 is 4.74 Å². The largest absolute Gasteiger partial charge is 0.377 e. The normalized spacial score (nSPS) is 24.9. The number of ether oxygens (including phenoxy) is 1. The van der Waals surface area contributed by atoms with Crippen LogP contribution in [0.5, 0.6) is 0 Å². The second kappa shape index (κ2) is 7.74. The number of benzene rings is 1. The third-order valence-corrected chi connectivity index (χ3v) is 4.42. The van der Waals surface area contributed by atoms with E-state index >= 15 is 0 Å². The van der Waals surface area contributed by atoms with Crippen molar-refractivity contribution in [2.24, 2.45) is 0 Å². The van der Waals surface area contributed by atoms with Crippen LogP contribution in [0.4, 0.5) is 0 Å². The van der Waals surface area contributed by atoms with Gasteiger partial charge in [0, 0.05) is 45.9 Å². The summed E-state index contributed by atoms with van der Waals surface area (Å²) in [5.41, 5.74) is 1.29. The van der Waals surface area contributed by atoms with Gasteiger partial charge >= 0.3 is 0 Å². The Morgan fingerprint density at radius 3 is 2.52 bits per heavy atom. The van der Waals surface area contributed by atoms with Gasteiger partial charge in [-0.1, -0.05) is 42.5 Å². The van der Waals surface area contributed by atoms with E-state index < -0.39 is 0 Å². The van der Waals surface area contributed by atoms with Crippen molar-refractivity contribution >= 4 is 6.08 Å². The lowest BCUT2D eigenvalue weighted by molar-refractivity contribution is 0.0527. The van der Waals surface area contributed by atoms with Gasteiger partial charge in [0.1, 0.15) is 0 Å². The zero-order valence-corrected chi connectivity index (χ0v) is 12.8. The first-order valence-corrected chi connectivity index (χ1v) is 8.18. The molecule has 0 N–H and O–H groups in total. The molecule has 0 amide bonds. The quantitative estimate of drug-likeness (QED) is 0.827. The predicted octanol–water partition coefficient (Wildman–Crippen LogP) is 2.50. The Kier molecular flexibility index (Phi) is 5.44. The fraction of sp³-hybridized carbons (Fsp3) is 0.556. The van der Waals surface area contributed by atoms with Crippen molar-refractivity contribution in [2.75, 3.05) is 45.9 Å². The van der Waals surface area contributed by atoms with Crippen LogP contribution in [0, 0.1) is 0 Å². The molecule has 2 fully saturated rings. The highest BCUT2D eigenvalue weighted by Gasteiger charge is 2.22. The average Bonchev–Trinajstić information content (AvgIpc) is 3.03. The Morgan fingerprint density at radius 2 is 1.81 bits per heavy atom. The third kappa shape index (κ3) is 4.67. The zero-order valence-electron chi connectivity index (χ0n) is 12.8. The van der Waals surface area contributed by atoms with Crippen molar-refractivity contribution in [3.63, 3.8) is 0 Å². The van der Waals surface area contributed by atoms with Crippen LogP contribution in [0.25, 0.3) is 6.08 Å². The Balaban J connectivity index is 1.36. The topological polar surface area (TPSA) is 15.7 Å². The van der Waals surface area contributed by atoms with Crippen molar-refractivity contribution in [3.8, 4) is 0 Å². The summed E-state index contributed by atoms with van der Waals surface area (Å²) in [6.07, 6.45) is 7.49. The first-order chi connectivity index (χ1) is 10.4. The molecule has 3 heteroatoms. The Hall–Kier alpha value is -1.16. The number of piperazine rings is 1. The molecule has 21 heavy (non-hydrogen) atoms. The second-order valence-electron chi connectivity index (χ2n) is 6.05. The molecule has 1 aromatic rings. The molecule has 0 radical (unpaired) electrons. The average molecular weight is 286 g/mol. The summed E-state index contributed by atoms with van der Waals surface area (Å²) in [4.78, 5) is 5.10. The summed E-state index contributed by atoms with van der Waals surface area (Å²) in [6, 6.07) is 10.5. The summed E-state index contributed by atoms with van der Waals surface area (Å²) in [7, 11) is 0. The van der Waals surface area contributed by atoms with E-state index in [-0.39, 0.29) is 0 Å². The second-order valence-corrected chi connectivity index (χ2v) is 6.05. The zero-order chi connectivity index (χ0) is 14.3. The van der Waals surface area contributed by atoms with E-state index in [4.69, 9.17) is 4.74 Å². The van der Waals surface area contributed by atoms with Crippen LogP contribution in [0.1, 0.15) is 18.4 Å². The number of hydrogen-bond donors (Lipinski definition) is 0. The van der Waals surface area contributed by atoms with Gasteiger partial charge in [0.2, 0.25) is 0 Å². The molecule has 0 spiro atoms. The third-order valence-electron chi connectivity index (χ3n) is 4.42. The minimum Gasteiger partial charge on any atom is -0.377 e. The molecule has 114 valence electrons. The molecule has 2 aliphatic rings. The van der Waals surface area contributed by atoms with Gasteiger partial charge in [0.25, 0.3) is 0 Å². The Labute approximate surface area is 128 Å². The van der Waals surface area contributed by atoms with E-state index in [9.17, 15) is 0 Å². The Morgan fingerprint density at radius 1 is 1.05 bits per heavy atom. The van der Waals surface area contributed by atoms with Crippen LogP contribution in [0.2, 0.25) is 0 Å². The highest BCUT2D eigenvalue weighted by molar-refractivity contribution is 5.48. The van der Waals surface area contributed by atoms with Gasteiger partial charge in [-0.15, -0.1) is 0 Å². The van der Waals surface area contributed by atoms with Crippen molar-refractivity contribution in [1.29, 1.82) is 0 Å². The van der Waals surface area contributed by atoms with E-state index in [1.807, 2.05) is 0 Å². The van der Waals surface area contributed by atoms with E-state index in [1.54, 1.807) is 0 Å². The van der Waals surface area contributed by atoms with Crippen molar-refractivity contribution in [2.45, 2.75) is 18.9 Å². The standard InChI is InChI=1S/C18H26N2O/c1-2-6-17(7-3-1)8-4-10-19-11-13-20(14-12-19)16-18-9-5-15-21-18/h1-4,6-8,18H,5,9-16H2. The molecule has 0 aliphatic carbocycles. The van der Waals surface area contributed by atoms with E-state index in [0.29, 0.717) is 6.10 Å². The van der Waals surface area contributed by atoms with Gasteiger partial charge in [0.05, 0.1) is 6.10 Å². The highest BCUT2D eigenvalue weighted by atomic mass is 16.5. The number of hydrogen-bond acceptors (Lipinski definition) is 3. The maximum Gasteiger partial charge on any atom is 0.0702 e. The number of nitrogens with zero attached hydrogens (tertiary/aromatic N) is 2. The summed E-state index contributed by atoms with van der Waals surface area (Å²) in [5, 5.41) is 0. The smallest absolute Gasteiger partial charge is 0.0702 e. The fourth-order valence-corrected chi connectivity index (χ4v) is 3.13. The van der Waals surface area contributed by atoms with Crippen LogP contribution < -0.4 is 0 Å². The number of rotatable bonds is 5. The van der Waals surface area contributed by atoms with Crippen LogP contribution >= 0.6 is 0 Å². The van der Waals surface area contributed by atoms with Crippen molar-refractivity contribution < 1.29 is 4.74 Å². The van der Waals surface area contributed by atoms with Gasteiger partial charge in [0.15, 0.2) is 0 Å². The summed E-state index contributed by atoms with van der Waals surface area (Å²) < 4.78 is 5.73. The first kappa shape index (κ1) is 14.8. The minimum atomic E-state index is 0.495. The summed E-state index contributed by atoms with van der Waals surface area (Å²) in [6.45, 7) is 7.86. The predicted molar refractivity (Wildman–Crippen MR) is 87.3 cm³/mol. The molecule has 0 aromatic heterocycles. The van der Waals surface area contributed by atoms with Crippen LogP contribution in [0.15, 0.2) is 36.4 Å². The van der Waals surface area contributed by atoms with Gasteiger partial charge in [-0.3, -0.25) is 9.80 Å². The van der Waals surface area contributed by atoms with Crippen molar-refractivity contribution in [3.05, 3.63) is 42.0 Å². The maximum absolute atomic E-state index is 5.73. The van der Waals surface area contributed by atoms with E-state index in [1.165, 1.54) is 44.6 Å². The molecule has 1 aromatic carbocycles. The molecule has 2 heterocycles. The molecule has 0 saturated carbocycles. The molecule has 2 aliphatic heterocycles. The highest BCUT2D eigenvalue weighted by Crippen LogP contribution is 2.14. The lowest BCUT2D eigenvalue weighted by atomic mass is 10.2. The summed E-state index contributed by atoms with van der Waals surface area (Å²) in [5.74, 6) is 0. The molecular formula is C18H26N2O.